The van der Waals surface area contributed by atoms with Crippen LogP contribution in [0.5, 0.6) is 0 Å². The molecule has 2 saturated heterocycles. The Morgan fingerprint density at radius 2 is 1.86 bits per heavy atom. The SMILES string of the molecule is NC(=O)C1CCCN1C(=O)CNC(=O)N1CC(C(F)(F)F)C1. The van der Waals surface area contributed by atoms with Gasteiger partial charge in [-0.3, -0.25) is 9.59 Å². The van der Waals surface area contributed by atoms with Gasteiger partial charge in [-0.1, -0.05) is 0 Å². The van der Waals surface area contributed by atoms with E-state index in [0.29, 0.717) is 19.4 Å². The average molecular weight is 322 g/mol. The van der Waals surface area contributed by atoms with E-state index in [1.165, 1.54) is 4.90 Å². The summed E-state index contributed by atoms with van der Waals surface area (Å²) in [6.45, 7) is -0.799. The van der Waals surface area contributed by atoms with Gasteiger partial charge in [-0.2, -0.15) is 13.2 Å². The summed E-state index contributed by atoms with van der Waals surface area (Å²) in [5.41, 5.74) is 5.18. The summed E-state index contributed by atoms with van der Waals surface area (Å²) in [5, 5.41) is 2.27. The minimum Gasteiger partial charge on any atom is -0.368 e. The Balaban J connectivity index is 1.75. The maximum atomic E-state index is 12.3. The average Bonchev–Trinajstić information content (AvgIpc) is 2.81. The molecule has 0 aromatic carbocycles. The zero-order valence-corrected chi connectivity index (χ0v) is 11.7. The number of halogens is 3. The van der Waals surface area contributed by atoms with E-state index in [1.54, 1.807) is 0 Å². The molecule has 2 heterocycles. The van der Waals surface area contributed by atoms with E-state index in [2.05, 4.69) is 5.32 Å². The van der Waals surface area contributed by atoms with Gasteiger partial charge in [0.05, 0.1) is 12.5 Å². The van der Waals surface area contributed by atoms with Crippen molar-refractivity contribution >= 4 is 17.8 Å². The maximum Gasteiger partial charge on any atom is 0.395 e. The summed E-state index contributed by atoms with van der Waals surface area (Å²) in [7, 11) is 0. The van der Waals surface area contributed by atoms with E-state index in [-0.39, 0.29) is 6.54 Å². The number of primary amides is 1. The lowest BCUT2D eigenvalue weighted by Gasteiger charge is -2.39. The highest BCUT2D eigenvalue weighted by Crippen LogP contribution is 2.33. The molecule has 1 atom stereocenters. The van der Waals surface area contributed by atoms with Crippen LogP contribution >= 0.6 is 0 Å². The van der Waals surface area contributed by atoms with Crippen molar-refractivity contribution in [2.24, 2.45) is 11.7 Å². The Bertz CT molecular complexity index is 477. The van der Waals surface area contributed by atoms with Crippen LogP contribution in [0.1, 0.15) is 12.8 Å². The normalized spacial score (nSPS) is 22.4. The van der Waals surface area contributed by atoms with Crippen molar-refractivity contribution in [3.63, 3.8) is 0 Å². The molecular formula is C12H17F3N4O3. The van der Waals surface area contributed by atoms with Crippen molar-refractivity contribution in [1.29, 1.82) is 0 Å². The zero-order chi connectivity index (χ0) is 16.5. The Morgan fingerprint density at radius 3 is 2.41 bits per heavy atom. The molecule has 0 spiro atoms. The molecule has 3 N–H and O–H groups in total. The van der Waals surface area contributed by atoms with Crippen LogP contribution in [-0.4, -0.2) is 66.0 Å². The molecule has 0 bridgehead atoms. The van der Waals surface area contributed by atoms with Gasteiger partial charge in [0.1, 0.15) is 6.04 Å². The minimum atomic E-state index is -4.31. The van der Waals surface area contributed by atoms with Crippen LogP contribution in [0.15, 0.2) is 0 Å². The molecule has 2 rings (SSSR count). The number of nitrogens with one attached hydrogen (secondary N) is 1. The van der Waals surface area contributed by atoms with E-state index >= 15 is 0 Å². The first-order chi connectivity index (χ1) is 10.2. The van der Waals surface area contributed by atoms with Gasteiger partial charge < -0.3 is 20.9 Å². The van der Waals surface area contributed by atoms with Gasteiger partial charge in [-0.25, -0.2) is 4.79 Å². The van der Waals surface area contributed by atoms with E-state index in [4.69, 9.17) is 5.73 Å². The number of amides is 4. The standard InChI is InChI=1S/C12H17F3N4O3/c13-12(14,15)7-5-18(6-7)11(22)17-4-9(20)19-3-1-2-8(19)10(16)21/h7-8H,1-6H2,(H2,16,21)(H,17,22). The first-order valence-electron chi connectivity index (χ1n) is 6.88. The van der Waals surface area contributed by atoms with Crippen molar-refractivity contribution in [3.05, 3.63) is 0 Å². The third kappa shape index (κ3) is 3.42. The van der Waals surface area contributed by atoms with Crippen LogP contribution < -0.4 is 11.1 Å². The predicted octanol–water partition coefficient (Wildman–Crippen LogP) is -0.334. The number of carbonyl (C=O) groups is 3. The van der Waals surface area contributed by atoms with Crippen LogP contribution in [0.4, 0.5) is 18.0 Å². The van der Waals surface area contributed by atoms with E-state index in [0.717, 1.165) is 4.90 Å². The zero-order valence-electron chi connectivity index (χ0n) is 11.7. The molecule has 0 aromatic rings. The Hall–Kier alpha value is -2.00. The molecule has 0 aliphatic carbocycles. The first kappa shape index (κ1) is 16.4. The lowest BCUT2D eigenvalue weighted by Crippen LogP contribution is -2.59. The number of carbonyl (C=O) groups excluding carboxylic acids is 3. The highest BCUT2D eigenvalue weighted by Gasteiger charge is 2.48. The predicted molar refractivity (Wildman–Crippen MR) is 68.4 cm³/mol. The van der Waals surface area contributed by atoms with E-state index < -0.39 is 49.1 Å². The number of nitrogens with zero attached hydrogens (tertiary/aromatic N) is 2. The Labute approximate surface area is 124 Å². The van der Waals surface area contributed by atoms with Gasteiger partial charge in [0.2, 0.25) is 11.8 Å². The van der Waals surface area contributed by atoms with Crippen LogP contribution in [-0.2, 0) is 9.59 Å². The third-order valence-corrected chi connectivity index (χ3v) is 3.92. The van der Waals surface area contributed by atoms with Crippen molar-refractivity contribution in [2.45, 2.75) is 25.1 Å². The summed E-state index contributed by atoms with van der Waals surface area (Å²) in [6.07, 6.45) is -3.18. The summed E-state index contributed by atoms with van der Waals surface area (Å²) < 4.78 is 36.9. The second-order valence-corrected chi connectivity index (χ2v) is 5.45. The lowest BCUT2D eigenvalue weighted by atomic mass is 10.0. The monoisotopic (exact) mass is 322 g/mol. The van der Waals surface area contributed by atoms with Crippen molar-refractivity contribution in [3.8, 4) is 0 Å². The molecule has 4 amide bonds. The fourth-order valence-corrected chi connectivity index (χ4v) is 2.58. The Morgan fingerprint density at radius 1 is 1.23 bits per heavy atom. The number of alkyl halides is 3. The molecule has 124 valence electrons. The van der Waals surface area contributed by atoms with Crippen molar-refractivity contribution in [1.82, 2.24) is 15.1 Å². The van der Waals surface area contributed by atoms with Crippen LogP contribution in [0.25, 0.3) is 0 Å². The van der Waals surface area contributed by atoms with Crippen LogP contribution in [0.3, 0.4) is 0 Å². The molecule has 2 aliphatic heterocycles. The number of urea groups is 1. The molecule has 10 heteroatoms. The molecule has 7 nitrogen and oxygen atoms in total. The number of hydrogen-bond acceptors (Lipinski definition) is 3. The van der Waals surface area contributed by atoms with Crippen molar-refractivity contribution < 1.29 is 27.6 Å². The Kier molecular flexibility index (Phi) is 4.47. The highest BCUT2D eigenvalue weighted by atomic mass is 19.4. The summed E-state index contributed by atoms with van der Waals surface area (Å²) in [5.74, 6) is -2.58. The number of hydrogen-bond donors (Lipinski definition) is 2. The molecule has 0 radical (unpaired) electrons. The summed E-state index contributed by atoms with van der Waals surface area (Å²) in [4.78, 5) is 37.0. The largest absolute Gasteiger partial charge is 0.395 e. The van der Waals surface area contributed by atoms with Gasteiger partial charge in [0, 0.05) is 19.6 Å². The van der Waals surface area contributed by atoms with Gasteiger partial charge in [-0.05, 0) is 12.8 Å². The van der Waals surface area contributed by atoms with E-state index in [9.17, 15) is 27.6 Å². The maximum absolute atomic E-state index is 12.3. The number of likely N-dealkylation sites (tertiary alicyclic amines) is 2. The lowest BCUT2D eigenvalue weighted by molar-refractivity contribution is -0.202. The fraction of sp³-hybridized carbons (Fsp3) is 0.750. The van der Waals surface area contributed by atoms with Gasteiger partial charge >= 0.3 is 12.2 Å². The molecule has 2 aliphatic rings. The van der Waals surface area contributed by atoms with Crippen molar-refractivity contribution in [2.75, 3.05) is 26.2 Å². The smallest absolute Gasteiger partial charge is 0.368 e. The number of nitrogens with two attached hydrogens (primary N) is 1. The second kappa shape index (κ2) is 6.01. The molecule has 1 unspecified atom stereocenters. The third-order valence-electron chi connectivity index (χ3n) is 3.92. The van der Waals surface area contributed by atoms with Gasteiger partial charge in [0.15, 0.2) is 0 Å². The van der Waals surface area contributed by atoms with E-state index in [1.807, 2.05) is 0 Å². The van der Waals surface area contributed by atoms with Crippen LogP contribution in [0, 0.1) is 5.92 Å². The molecular weight excluding hydrogens is 305 g/mol. The number of rotatable bonds is 3. The molecule has 2 fully saturated rings. The van der Waals surface area contributed by atoms with Gasteiger partial charge in [-0.15, -0.1) is 0 Å². The minimum absolute atomic E-state index is 0.365. The molecule has 22 heavy (non-hydrogen) atoms. The van der Waals surface area contributed by atoms with Crippen LogP contribution in [0.2, 0.25) is 0 Å². The topological polar surface area (TPSA) is 95.7 Å². The fourth-order valence-electron chi connectivity index (χ4n) is 2.58. The molecule has 0 saturated carbocycles. The quantitative estimate of drug-likeness (QED) is 0.744. The van der Waals surface area contributed by atoms with Gasteiger partial charge in [0.25, 0.3) is 0 Å². The second-order valence-electron chi connectivity index (χ2n) is 5.45. The first-order valence-corrected chi connectivity index (χ1v) is 6.88. The summed E-state index contributed by atoms with van der Waals surface area (Å²) in [6, 6.07) is -1.40. The molecule has 0 aromatic heterocycles. The summed E-state index contributed by atoms with van der Waals surface area (Å²) >= 11 is 0. The highest BCUT2D eigenvalue weighted by molar-refractivity contribution is 5.89.